The summed E-state index contributed by atoms with van der Waals surface area (Å²) in [5.41, 5.74) is 1.80. The molecule has 0 radical (unpaired) electrons. The van der Waals surface area contributed by atoms with Gasteiger partial charge in [0.05, 0.1) is 20.8 Å². The topological polar surface area (TPSA) is 60.8 Å². The molecule has 1 aromatic carbocycles. The Balaban J connectivity index is 1.50. The lowest BCUT2D eigenvalue weighted by Gasteiger charge is -2.42. The first-order chi connectivity index (χ1) is 13.1. The van der Waals surface area contributed by atoms with E-state index in [0.29, 0.717) is 35.4 Å². The molecule has 0 saturated carbocycles. The number of nitrogens with zero attached hydrogens (tertiary/aromatic N) is 2. The van der Waals surface area contributed by atoms with Gasteiger partial charge in [0.25, 0.3) is 5.56 Å². The maximum absolute atomic E-state index is 12.8. The SMILES string of the molecule is COc1ccc(C(=O)CN2C[C@@H]3C[C@@H](C2)c2cccc(=O)n2C3)cc1OC. The summed E-state index contributed by atoms with van der Waals surface area (Å²) in [5.74, 6) is 1.97. The van der Waals surface area contributed by atoms with Crippen LogP contribution in [0.5, 0.6) is 11.5 Å². The van der Waals surface area contributed by atoms with E-state index in [1.165, 1.54) is 0 Å². The van der Waals surface area contributed by atoms with Crippen molar-refractivity contribution in [2.24, 2.45) is 5.92 Å². The predicted molar refractivity (Wildman–Crippen MR) is 102 cm³/mol. The molecule has 2 bridgehead atoms. The van der Waals surface area contributed by atoms with Gasteiger partial charge >= 0.3 is 0 Å². The third-order valence-corrected chi connectivity index (χ3v) is 5.63. The van der Waals surface area contributed by atoms with Gasteiger partial charge in [0.2, 0.25) is 0 Å². The average molecular weight is 368 g/mol. The van der Waals surface area contributed by atoms with E-state index in [2.05, 4.69) is 4.90 Å². The van der Waals surface area contributed by atoms with Gasteiger partial charge in [-0.3, -0.25) is 14.5 Å². The van der Waals surface area contributed by atoms with E-state index in [-0.39, 0.29) is 11.3 Å². The van der Waals surface area contributed by atoms with Crippen LogP contribution in [0.3, 0.4) is 0 Å². The lowest BCUT2D eigenvalue weighted by Crippen LogP contribution is -2.48. The molecule has 0 spiro atoms. The highest BCUT2D eigenvalue weighted by atomic mass is 16.5. The van der Waals surface area contributed by atoms with Crippen molar-refractivity contribution in [2.75, 3.05) is 33.9 Å². The maximum atomic E-state index is 12.8. The standard InChI is InChI=1S/C21H24N2O4/c1-26-19-7-6-15(9-20(19)27-2)18(24)13-22-10-14-8-16(12-22)17-4-3-5-21(25)23(17)11-14/h3-7,9,14,16H,8,10-13H2,1-2H3/t14-,16-/m0/s1. The second kappa shape index (κ2) is 7.19. The number of Topliss-reactive ketones (excluding diaryl/α,β-unsaturated/α-hetero) is 1. The Kier molecular flexibility index (Phi) is 4.74. The van der Waals surface area contributed by atoms with Gasteiger partial charge in [0.1, 0.15) is 0 Å². The van der Waals surface area contributed by atoms with E-state index in [0.717, 1.165) is 31.7 Å². The Morgan fingerprint density at radius 3 is 2.67 bits per heavy atom. The van der Waals surface area contributed by atoms with Crippen LogP contribution in [0.2, 0.25) is 0 Å². The van der Waals surface area contributed by atoms with Crippen LogP contribution in [0.15, 0.2) is 41.2 Å². The van der Waals surface area contributed by atoms with Crippen LogP contribution in [0, 0.1) is 5.92 Å². The minimum absolute atomic E-state index is 0.0707. The third-order valence-electron chi connectivity index (χ3n) is 5.63. The largest absolute Gasteiger partial charge is 0.493 e. The monoisotopic (exact) mass is 368 g/mol. The quantitative estimate of drug-likeness (QED) is 0.757. The zero-order chi connectivity index (χ0) is 19.0. The number of ketones is 1. The number of carbonyl (C=O) groups excluding carboxylic acids is 1. The van der Waals surface area contributed by atoms with E-state index >= 15 is 0 Å². The summed E-state index contributed by atoms with van der Waals surface area (Å²) >= 11 is 0. The van der Waals surface area contributed by atoms with E-state index in [1.54, 1.807) is 38.5 Å². The molecule has 2 aliphatic rings. The molecule has 0 N–H and O–H groups in total. The molecule has 2 aliphatic heterocycles. The summed E-state index contributed by atoms with van der Waals surface area (Å²) < 4.78 is 12.5. The van der Waals surface area contributed by atoms with Crippen molar-refractivity contribution in [3.05, 3.63) is 58.0 Å². The van der Waals surface area contributed by atoms with Crippen LogP contribution in [0.25, 0.3) is 0 Å². The van der Waals surface area contributed by atoms with Crippen LogP contribution in [-0.2, 0) is 6.54 Å². The predicted octanol–water partition coefficient (Wildman–Crippen LogP) is 2.17. The number of carbonyl (C=O) groups is 1. The number of aromatic nitrogens is 1. The minimum Gasteiger partial charge on any atom is -0.493 e. The average Bonchev–Trinajstić information content (AvgIpc) is 2.68. The van der Waals surface area contributed by atoms with Crippen LogP contribution in [-0.4, -0.2) is 49.1 Å². The first kappa shape index (κ1) is 17.8. The van der Waals surface area contributed by atoms with Crippen molar-refractivity contribution in [2.45, 2.75) is 18.9 Å². The Morgan fingerprint density at radius 1 is 1.07 bits per heavy atom. The molecule has 27 heavy (non-hydrogen) atoms. The highest BCUT2D eigenvalue weighted by molar-refractivity contribution is 5.98. The number of fused-ring (bicyclic) bond motifs is 4. The van der Waals surface area contributed by atoms with Crippen molar-refractivity contribution in [1.82, 2.24) is 9.47 Å². The highest BCUT2D eigenvalue weighted by Gasteiger charge is 2.35. The zero-order valence-corrected chi connectivity index (χ0v) is 15.7. The lowest BCUT2D eigenvalue weighted by molar-refractivity contribution is 0.0817. The van der Waals surface area contributed by atoms with E-state index in [1.807, 2.05) is 16.7 Å². The number of ether oxygens (including phenoxy) is 2. The Morgan fingerprint density at radius 2 is 1.89 bits per heavy atom. The summed E-state index contributed by atoms with van der Waals surface area (Å²) in [5, 5.41) is 0. The molecule has 0 unspecified atom stereocenters. The molecular weight excluding hydrogens is 344 g/mol. The number of piperidine rings is 1. The Labute approximate surface area is 158 Å². The Hall–Kier alpha value is -2.60. The Bertz CT molecular complexity index is 921. The van der Waals surface area contributed by atoms with Gasteiger partial charge in [0, 0.05) is 42.9 Å². The molecule has 2 aromatic rings. The van der Waals surface area contributed by atoms with E-state index in [9.17, 15) is 9.59 Å². The van der Waals surface area contributed by atoms with E-state index < -0.39 is 0 Å². The molecule has 6 nitrogen and oxygen atoms in total. The second-order valence-electron chi connectivity index (χ2n) is 7.39. The first-order valence-electron chi connectivity index (χ1n) is 9.26. The summed E-state index contributed by atoms with van der Waals surface area (Å²) in [7, 11) is 3.15. The normalized spacial score (nSPS) is 21.4. The molecule has 0 aliphatic carbocycles. The zero-order valence-electron chi connectivity index (χ0n) is 15.7. The molecule has 1 aromatic heterocycles. The number of methoxy groups -OCH3 is 2. The van der Waals surface area contributed by atoms with Crippen LogP contribution >= 0.6 is 0 Å². The van der Waals surface area contributed by atoms with E-state index in [4.69, 9.17) is 9.47 Å². The summed E-state index contributed by atoms with van der Waals surface area (Å²) in [6, 6.07) is 10.8. The molecule has 1 fully saturated rings. The number of likely N-dealkylation sites (tertiary alicyclic amines) is 1. The molecule has 4 rings (SSSR count). The number of hydrogen-bond acceptors (Lipinski definition) is 5. The van der Waals surface area contributed by atoms with Gasteiger partial charge in [-0.05, 0) is 36.6 Å². The minimum atomic E-state index is 0.0707. The fourth-order valence-electron chi connectivity index (χ4n) is 4.43. The number of hydrogen-bond donors (Lipinski definition) is 0. The fourth-order valence-corrected chi connectivity index (χ4v) is 4.43. The van der Waals surface area contributed by atoms with Crippen LogP contribution in [0.1, 0.15) is 28.4 Å². The van der Waals surface area contributed by atoms with Crippen molar-refractivity contribution in [1.29, 1.82) is 0 Å². The van der Waals surface area contributed by atoms with Crippen molar-refractivity contribution in [3.63, 3.8) is 0 Å². The van der Waals surface area contributed by atoms with Gasteiger partial charge in [0.15, 0.2) is 17.3 Å². The summed E-state index contributed by atoms with van der Waals surface area (Å²) in [4.78, 5) is 27.2. The lowest BCUT2D eigenvalue weighted by atomic mass is 9.83. The number of rotatable bonds is 5. The van der Waals surface area contributed by atoms with Gasteiger partial charge in [-0.15, -0.1) is 0 Å². The molecule has 1 saturated heterocycles. The maximum Gasteiger partial charge on any atom is 0.250 e. The number of benzene rings is 1. The molecule has 0 amide bonds. The molecule has 6 heteroatoms. The van der Waals surface area contributed by atoms with Crippen molar-refractivity contribution < 1.29 is 14.3 Å². The molecule has 3 heterocycles. The van der Waals surface area contributed by atoms with Gasteiger partial charge in [-0.2, -0.15) is 0 Å². The summed E-state index contributed by atoms with van der Waals surface area (Å²) in [6.45, 7) is 2.77. The number of pyridine rings is 1. The van der Waals surface area contributed by atoms with Crippen LogP contribution < -0.4 is 15.0 Å². The third kappa shape index (κ3) is 3.37. The summed E-state index contributed by atoms with van der Waals surface area (Å²) in [6.07, 6.45) is 1.09. The second-order valence-corrected chi connectivity index (χ2v) is 7.39. The van der Waals surface area contributed by atoms with Crippen molar-refractivity contribution >= 4 is 5.78 Å². The molecule has 142 valence electrons. The fraction of sp³-hybridized carbons (Fsp3) is 0.429. The molecule has 2 atom stereocenters. The molecular formula is C21H24N2O4. The highest BCUT2D eigenvalue weighted by Crippen LogP contribution is 2.35. The van der Waals surface area contributed by atoms with Crippen LogP contribution in [0.4, 0.5) is 0 Å². The van der Waals surface area contributed by atoms with Gasteiger partial charge in [-0.25, -0.2) is 0 Å². The smallest absolute Gasteiger partial charge is 0.250 e. The van der Waals surface area contributed by atoms with Crippen molar-refractivity contribution in [3.8, 4) is 11.5 Å². The first-order valence-corrected chi connectivity index (χ1v) is 9.26. The van der Waals surface area contributed by atoms with Gasteiger partial charge < -0.3 is 14.0 Å². The van der Waals surface area contributed by atoms with Gasteiger partial charge in [-0.1, -0.05) is 6.07 Å².